The van der Waals surface area contributed by atoms with Crippen LogP contribution < -0.4 is 15.5 Å². The van der Waals surface area contributed by atoms with Crippen molar-refractivity contribution in [2.75, 3.05) is 12.4 Å². The molecule has 0 aliphatic carbocycles. The van der Waals surface area contributed by atoms with Crippen LogP contribution in [0, 0.1) is 0 Å². The fraction of sp³-hybridized carbons (Fsp3) is 0.235. The van der Waals surface area contributed by atoms with Crippen molar-refractivity contribution >= 4 is 22.6 Å². The molecule has 0 saturated carbocycles. The Balaban J connectivity index is 1.84. The minimum atomic E-state index is -0.516. The van der Waals surface area contributed by atoms with E-state index < -0.39 is 11.3 Å². The van der Waals surface area contributed by atoms with Crippen molar-refractivity contribution < 1.29 is 13.9 Å². The number of methoxy groups -OCH3 is 1. The van der Waals surface area contributed by atoms with Crippen molar-refractivity contribution in [1.29, 1.82) is 0 Å². The Morgan fingerprint density at radius 3 is 2.79 bits per heavy atom. The standard InChI is InChI=1S/C17H17N3O4/c1-9(2)16-19-11-5-4-10(6-12(11)20-16)18-17(22)14-7-13(21)15(23-3)8-24-14/h4-9H,1-3H3,(H,18,22)(H,19,20). The van der Waals surface area contributed by atoms with E-state index >= 15 is 0 Å². The number of nitrogens with one attached hydrogen (secondary N) is 2. The van der Waals surface area contributed by atoms with Gasteiger partial charge in [-0.05, 0) is 18.2 Å². The Hall–Kier alpha value is -3.09. The summed E-state index contributed by atoms with van der Waals surface area (Å²) in [5.74, 6) is 0.608. The molecule has 0 aliphatic heterocycles. The minimum absolute atomic E-state index is 0.0478. The highest BCUT2D eigenvalue weighted by Gasteiger charge is 2.13. The molecule has 0 saturated heterocycles. The number of fused-ring (bicyclic) bond motifs is 1. The van der Waals surface area contributed by atoms with Crippen LogP contribution in [0.2, 0.25) is 0 Å². The summed E-state index contributed by atoms with van der Waals surface area (Å²) in [5, 5.41) is 2.69. The summed E-state index contributed by atoms with van der Waals surface area (Å²) < 4.78 is 9.95. The van der Waals surface area contributed by atoms with Crippen molar-refractivity contribution in [3.05, 3.63) is 52.3 Å². The number of aromatic nitrogens is 2. The molecule has 0 bridgehead atoms. The van der Waals surface area contributed by atoms with Gasteiger partial charge in [-0.1, -0.05) is 13.8 Å². The van der Waals surface area contributed by atoms with Crippen LogP contribution in [0.3, 0.4) is 0 Å². The molecule has 2 aromatic heterocycles. The van der Waals surface area contributed by atoms with Crippen LogP contribution in [-0.4, -0.2) is 23.0 Å². The fourth-order valence-corrected chi connectivity index (χ4v) is 2.24. The first-order chi connectivity index (χ1) is 11.5. The van der Waals surface area contributed by atoms with Crippen LogP contribution in [0.1, 0.15) is 36.1 Å². The van der Waals surface area contributed by atoms with Gasteiger partial charge in [0.25, 0.3) is 5.91 Å². The first kappa shape index (κ1) is 15.8. The fourth-order valence-electron chi connectivity index (χ4n) is 2.24. The van der Waals surface area contributed by atoms with E-state index in [9.17, 15) is 9.59 Å². The van der Waals surface area contributed by atoms with E-state index in [1.54, 1.807) is 12.1 Å². The first-order valence-corrected chi connectivity index (χ1v) is 7.46. The second-order valence-corrected chi connectivity index (χ2v) is 5.64. The van der Waals surface area contributed by atoms with Gasteiger partial charge in [0, 0.05) is 17.7 Å². The predicted molar refractivity (Wildman–Crippen MR) is 89.7 cm³/mol. The van der Waals surface area contributed by atoms with Crippen molar-refractivity contribution in [1.82, 2.24) is 9.97 Å². The average molecular weight is 327 g/mol. The van der Waals surface area contributed by atoms with Crippen LogP contribution in [0.4, 0.5) is 5.69 Å². The molecule has 0 radical (unpaired) electrons. The summed E-state index contributed by atoms with van der Waals surface area (Å²) in [6.07, 6.45) is 1.12. The lowest BCUT2D eigenvalue weighted by Crippen LogP contribution is -2.15. The Kier molecular flexibility index (Phi) is 4.07. The summed E-state index contributed by atoms with van der Waals surface area (Å²) >= 11 is 0. The van der Waals surface area contributed by atoms with Gasteiger partial charge in [-0.15, -0.1) is 0 Å². The average Bonchev–Trinajstić information content (AvgIpc) is 2.98. The number of H-pyrrole nitrogens is 1. The Labute approximate surface area is 137 Å². The molecular weight excluding hydrogens is 310 g/mol. The largest absolute Gasteiger partial charge is 0.490 e. The highest BCUT2D eigenvalue weighted by molar-refractivity contribution is 6.03. The number of anilines is 1. The molecule has 0 atom stereocenters. The molecule has 0 fully saturated rings. The number of nitrogens with zero attached hydrogens (tertiary/aromatic N) is 1. The quantitative estimate of drug-likeness (QED) is 0.768. The van der Waals surface area contributed by atoms with Gasteiger partial charge in [-0.2, -0.15) is 0 Å². The molecule has 0 unspecified atom stereocenters. The smallest absolute Gasteiger partial charge is 0.291 e. The lowest BCUT2D eigenvalue weighted by atomic mass is 10.2. The Morgan fingerprint density at radius 1 is 1.33 bits per heavy atom. The maximum Gasteiger partial charge on any atom is 0.291 e. The second-order valence-electron chi connectivity index (χ2n) is 5.64. The van der Waals surface area contributed by atoms with E-state index in [1.165, 1.54) is 7.11 Å². The SMILES string of the molecule is COc1coc(C(=O)Nc2ccc3nc(C(C)C)[nH]c3c2)cc1=O. The van der Waals surface area contributed by atoms with Gasteiger partial charge in [0.05, 0.1) is 18.1 Å². The molecule has 0 aliphatic rings. The van der Waals surface area contributed by atoms with Gasteiger partial charge in [0.1, 0.15) is 12.1 Å². The molecule has 7 heteroatoms. The van der Waals surface area contributed by atoms with Crippen LogP contribution in [0.15, 0.2) is 39.7 Å². The van der Waals surface area contributed by atoms with Gasteiger partial charge in [-0.3, -0.25) is 9.59 Å². The summed E-state index contributed by atoms with van der Waals surface area (Å²) in [6, 6.07) is 6.44. The van der Waals surface area contributed by atoms with Crippen LogP contribution >= 0.6 is 0 Å². The van der Waals surface area contributed by atoms with E-state index in [1.807, 2.05) is 19.9 Å². The van der Waals surface area contributed by atoms with Crippen LogP contribution in [-0.2, 0) is 0 Å². The van der Waals surface area contributed by atoms with Gasteiger partial charge in [0.15, 0.2) is 5.76 Å². The van der Waals surface area contributed by atoms with Gasteiger partial charge in [-0.25, -0.2) is 4.98 Å². The topological polar surface area (TPSA) is 97.2 Å². The lowest BCUT2D eigenvalue weighted by molar-refractivity contribution is 0.0993. The highest BCUT2D eigenvalue weighted by Crippen LogP contribution is 2.21. The summed E-state index contributed by atoms with van der Waals surface area (Å²) in [6.45, 7) is 4.10. The number of benzene rings is 1. The maximum atomic E-state index is 12.2. The third-order valence-corrected chi connectivity index (χ3v) is 3.55. The maximum absolute atomic E-state index is 12.2. The molecule has 124 valence electrons. The van der Waals surface area contributed by atoms with Crippen molar-refractivity contribution in [3.63, 3.8) is 0 Å². The number of carbonyl (C=O) groups excluding carboxylic acids is 1. The number of carbonyl (C=O) groups is 1. The summed E-state index contributed by atoms with van der Waals surface area (Å²) in [5.41, 5.74) is 1.81. The number of hydrogen-bond acceptors (Lipinski definition) is 5. The normalized spacial score (nSPS) is 11.0. The predicted octanol–water partition coefficient (Wildman–Crippen LogP) is 2.90. The van der Waals surface area contributed by atoms with Crippen LogP contribution in [0.25, 0.3) is 11.0 Å². The second kappa shape index (κ2) is 6.19. The molecule has 1 aromatic carbocycles. The molecule has 3 rings (SSSR count). The third kappa shape index (κ3) is 3.01. The van der Waals surface area contributed by atoms with Crippen LogP contribution in [0.5, 0.6) is 5.75 Å². The number of rotatable bonds is 4. The molecular formula is C17H17N3O4. The molecule has 1 amide bonds. The van der Waals surface area contributed by atoms with E-state index in [-0.39, 0.29) is 17.4 Å². The number of aromatic amines is 1. The van der Waals surface area contributed by atoms with E-state index in [4.69, 9.17) is 9.15 Å². The van der Waals surface area contributed by atoms with E-state index in [0.29, 0.717) is 5.69 Å². The Morgan fingerprint density at radius 2 is 2.12 bits per heavy atom. The minimum Gasteiger partial charge on any atom is -0.490 e. The molecule has 7 nitrogen and oxygen atoms in total. The van der Waals surface area contributed by atoms with Crippen molar-refractivity contribution in [3.8, 4) is 5.75 Å². The van der Waals surface area contributed by atoms with Crippen molar-refractivity contribution in [2.24, 2.45) is 0 Å². The lowest BCUT2D eigenvalue weighted by Gasteiger charge is -2.05. The number of amides is 1. The zero-order valence-corrected chi connectivity index (χ0v) is 13.5. The molecule has 2 heterocycles. The molecule has 0 spiro atoms. The summed E-state index contributed by atoms with van der Waals surface area (Å²) in [4.78, 5) is 31.6. The summed E-state index contributed by atoms with van der Waals surface area (Å²) in [7, 11) is 1.36. The number of hydrogen-bond donors (Lipinski definition) is 2. The van der Waals surface area contributed by atoms with Gasteiger partial charge in [0.2, 0.25) is 11.2 Å². The van der Waals surface area contributed by atoms with Gasteiger partial charge < -0.3 is 19.5 Å². The van der Waals surface area contributed by atoms with E-state index in [0.717, 1.165) is 29.2 Å². The van der Waals surface area contributed by atoms with Crippen molar-refractivity contribution in [2.45, 2.75) is 19.8 Å². The number of ether oxygens (including phenoxy) is 1. The Bertz CT molecular complexity index is 956. The third-order valence-electron chi connectivity index (χ3n) is 3.55. The van der Waals surface area contributed by atoms with E-state index in [2.05, 4.69) is 15.3 Å². The zero-order valence-electron chi connectivity index (χ0n) is 13.5. The molecule has 3 aromatic rings. The molecule has 24 heavy (non-hydrogen) atoms. The number of imidazole rings is 1. The highest BCUT2D eigenvalue weighted by atomic mass is 16.5. The zero-order chi connectivity index (χ0) is 17.3. The first-order valence-electron chi connectivity index (χ1n) is 7.46. The monoisotopic (exact) mass is 327 g/mol. The van der Waals surface area contributed by atoms with Gasteiger partial charge >= 0.3 is 0 Å². The molecule has 2 N–H and O–H groups in total.